The monoisotopic (exact) mass is 306 g/mol. The minimum Gasteiger partial charge on any atom is -0.348 e. The third-order valence-electron chi connectivity index (χ3n) is 3.38. The van der Waals surface area contributed by atoms with E-state index in [2.05, 4.69) is 15.4 Å². The van der Waals surface area contributed by atoms with Gasteiger partial charge in [0.1, 0.15) is 12.7 Å². The van der Waals surface area contributed by atoms with E-state index in [-0.39, 0.29) is 23.5 Å². The van der Waals surface area contributed by atoms with E-state index in [1.807, 2.05) is 0 Å². The molecule has 3 rings (SSSR count). The van der Waals surface area contributed by atoms with Crippen molar-refractivity contribution in [1.29, 1.82) is 0 Å². The van der Waals surface area contributed by atoms with Crippen molar-refractivity contribution < 1.29 is 13.2 Å². The van der Waals surface area contributed by atoms with E-state index in [1.54, 1.807) is 35.3 Å². The van der Waals surface area contributed by atoms with Crippen LogP contribution in [0.15, 0.2) is 36.9 Å². The summed E-state index contributed by atoms with van der Waals surface area (Å²) in [4.78, 5) is 15.9. The van der Waals surface area contributed by atoms with Gasteiger partial charge in [0.15, 0.2) is 9.84 Å². The van der Waals surface area contributed by atoms with Gasteiger partial charge in [-0.05, 0) is 30.7 Å². The van der Waals surface area contributed by atoms with Gasteiger partial charge in [0, 0.05) is 11.6 Å². The van der Waals surface area contributed by atoms with Crippen molar-refractivity contribution in [3.63, 3.8) is 0 Å². The second-order valence-corrected chi connectivity index (χ2v) is 7.19. The van der Waals surface area contributed by atoms with Crippen LogP contribution in [0.25, 0.3) is 5.69 Å². The molecule has 0 aliphatic carbocycles. The molecule has 0 unspecified atom stereocenters. The topological polar surface area (TPSA) is 94.0 Å². The Morgan fingerprint density at radius 2 is 2.05 bits per heavy atom. The van der Waals surface area contributed by atoms with Gasteiger partial charge in [-0.3, -0.25) is 4.79 Å². The van der Waals surface area contributed by atoms with Crippen LogP contribution in [0.2, 0.25) is 0 Å². The second-order valence-electron chi connectivity index (χ2n) is 4.96. The number of nitrogens with zero attached hydrogens (tertiary/aromatic N) is 3. The fraction of sp³-hybridized carbons (Fsp3) is 0.308. The predicted molar refractivity (Wildman–Crippen MR) is 75.9 cm³/mol. The number of rotatable bonds is 3. The first kappa shape index (κ1) is 13.7. The largest absolute Gasteiger partial charge is 0.348 e. The van der Waals surface area contributed by atoms with E-state index >= 15 is 0 Å². The average Bonchev–Trinajstić information content (AvgIpc) is 3.09. The second kappa shape index (κ2) is 5.28. The molecule has 1 N–H and O–H groups in total. The molecule has 1 aliphatic rings. The molecule has 0 radical (unpaired) electrons. The van der Waals surface area contributed by atoms with Crippen LogP contribution < -0.4 is 5.32 Å². The molecule has 21 heavy (non-hydrogen) atoms. The number of hydrogen-bond donors (Lipinski definition) is 1. The molecule has 1 atom stereocenters. The fourth-order valence-corrected chi connectivity index (χ4v) is 3.96. The zero-order valence-electron chi connectivity index (χ0n) is 11.1. The maximum atomic E-state index is 12.1. The van der Waals surface area contributed by atoms with Gasteiger partial charge in [-0.2, -0.15) is 5.10 Å². The zero-order chi connectivity index (χ0) is 14.9. The summed E-state index contributed by atoms with van der Waals surface area (Å²) in [6.45, 7) is 0. The van der Waals surface area contributed by atoms with Crippen molar-refractivity contribution in [2.75, 3.05) is 11.5 Å². The van der Waals surface area contributed by atoms with Crippen molar-refractivity contribution in [2.45, 2.75) is 12.5 Å². The van der Waals surface area contributed by atoms with E-state index in [4.69, 9.17) is 0 Å². The lowest BCUT2D eigenvalue weighted by atomic mass is 10.1. The Morgan fingerprint density at radius 3 is 2.62 bits per heavy atom. The lowest BCUT2D eigenvalue weighted by Crippen LogP contribution is -2.35. The minimum atomic E-state index is -2.99. The van der Waals surface area contributed by atoms with Gasteiger partial charge in [-0.25, -0.2) is 18.1 Å². The Morgan fingerprint density at radius 1 is 1.29 bits per heavy atom. The Balaban J connectivity index is 1.68. The number of carbonyl (C=O) groups excluding carboxylic acids is 1. The predicted octanol–water partition coefficient (Wildman–Crippen LogP) is 0.184. The van der Waals surface area contributed by atoms with E-state index in [0.717, 1.165) is 5.69 Å². The molecule has 1 saturated heterocycles. The molecule has 1 aromatic heterocycles. The summed E-state index contributed by atoms with van der Waals surface area (Å²) in [5.41, 5.74) is 1.29. The van der Waals surface area contributed by atoms with Gasteiger partial charge in [-0.15, -0.1) is 0 Å². The highest BCUT2D eigenvalue weighted by Gasteiger charge is 2.29. The number of aromatic nitrogens is 3. The van der Waals surface area contributed by atoms with Crippen LogP contribution in [0.5, 0.6) is 0 Å². The fourth-order valence-electron chi connectivity index (χ4n) is 2.28. The first-order valence-corrected chi connectivity index (χ1v) is 8.32. The molecule has 0 spiro atoms. The highest BCUT2D eigenvalue weighted by molar-refractivity contribution is 7.91. The number of amides is 1. The lowest BCUT2D eigenvalue weighted by Gasteiger charge is -2.11. The third-order valence-corrected chi connectivity index (χ3v) is 5.15. The van der Waals surface area contributed by atoms with Crippen LogP contribution in [0.3, 0.4) is 0 Å². The van der Waals surface area contributed by atoms with Gasteiger partial charge in [0.05, 0.1) is 17.2 Å². The number of nitrogens with one attached hydrogen (secondary N) is 1. The number of hydrogen-bond acceptors (Lipinski definition) is 5. The SMILES string of the molecule is O=C(N[C@H]1CCS(=O)(=O)C1)c1ccc(-n2cncn2)cc1. The van der Waals surface area contributed by atoms with E-state index in [1.165, 1.54) is 6.33 Å². The van der Waals surface area contributed by atoms with Crippen LogP contribution >= 0.6 is 0 Å². The molecular weight excluding hydrogens is 292 g/mol. The normalized spacial score (nSPS) is 20.3. The maximum Gasteiger partial charge on any atom is 0.251 e. The van der Waals surface area contributed by atoms with Crippen molar-refractivity contribution in [3.8, 4) is 5.69 Å². The van der Waals surface area contributed by atoms with Crippen molar-refractivity contribution >= 4 is 15.7 Å². The van der Waals surface area contributed by atoms with Crippen molar-refractivity contribution in [1.82, 2.24) is 20.1 Å². The molecule has 8 heteroatoms. The molecule has 1 aliphatic heterocycles. The molecule has 1 aromatic carbocycles. The van der Waals surface area contributed by atoms with Crippen LogP contribution in [-0.2, 0) is 9.84 Å². The molecule has 0 bridgehead atoms. The minimum absolute atomic E-state index is 0.0236. The van der Waals surface area contributed by atoms with Gasteiger partial charge < -0.3 is 5.32 Å². The summed E-state index contributed by atoms with van der Waals surface area (Å²) in [6.07, 6.45) is 3.48. The first-order chi connectivity index (χ1) is 10.0. The smallest absolute Gasteiger partial charge is 0.251 e. The van der Waals surface area contributed by atoms with E-state index < -0.39 is 9.84 Å². The summed E-state index contributed by atoms with van der Waals surface area (Å²) in [5, 5.41) is 6.75. The number of sulfone groups is 1. The summed E-state index contributed by atoms with van der Waals surface area (Å²) < 4.78 is 24.3. The van der Waals surface area contributed by atoms with Crippen LogP contribution in [0.1, 0.15) is 16.8 Å². The Hall–Kier alpha value is -2.22. The average molecular weight is 306 g/mol. The van der Waals surface area contributed by atoms with Crippen molar-refractivity contribution in [3.05, 3.63) is 42.5 Å². The first-order valence-electron chi connectivity index (χ1n) is 6.50. The summed E-state index contributed by atoms with van der Waals surface area (Å²) in [7, 11) is -2.99. The Labute approximate surface area is 121 Å². The lowest BCUT2D eigenvalue weighted by molar-refractivity contribution is 0.0941. The van der Waals surface area contributed by atoms with Crippen LogP contribution in [0.4, 0.5) is 0 Å². The quantitative estimate of drug-likeness (QED) is 0.873. The molecule has 7 nitrogen and oxygen atoms in total. The highest BCUT2D eigenvalue weighted by Crippen LogP contribution is 2.13. The molecule has 2 aromatic rings. The summed E-state index contributed by atoms with van der Waals surface area (Å²) in [6, 6.07) is 6.58. The van der Waals surface area contributed by atoms with Crippen LogP contribution in [0, 0.1) is 0 Å². The van der Waals surface area contributed by atoms with Gasteiger partial charge in [-0.1, -0.05) is 0 Å². The molecule has 110 valence electrons. The maximum absolute atomic E-state index is 12.1. The molecule has 2 heterocycles. The Bertz CT molecular complexity index is 738. The summed E-state index contributed by atoms with van der Waals surface area (Å²) >= 11 is 0. The molecule has 0 saturated carbocycles. The van der Waals surface area contributed by atoms with E-state index in [0.29, 0.717) is 12.0 Å². The van der Waals surface area contributed by atoms with E-state index in [9.17, 15) is 13.2 Å². The molecule has 1 fully saturated rings. The van der Waals surface area contributed by atoms with Crippen LogP contribution in [-0.4, -0.2) is 46.6 Å². The molecular formula is C13H14N4O3S. The number of carbonyl (C=O) groups is 1. The summed E-state index contributed by atoms with van der Waals surface area (Å²) in [5.74, 6) is -0.0962. The Kier molecular flexibility index (Phi) is 3.46. The van der Waals surface area contributed by atoms with Gasteiger partial charge >= 0.3 is 0 Å². The third kappa shape index (κ3) is 3.10. The highest BCUT2D eigenvalue weighted by atomic mass is 32.2. The van der Waals surface area contributed by atoms with Gasteiger partial charge in [0.2, 0.25) is 0 Å². The van der Waals surface area contributed by atoms with Crippen molar-refractivity contribution in [2.24, 2.45) is 0 Å². The number of benzene rings is 1. The standard InChI is InChI=1S/C13H14N4O3S/c18-13(16-11-5-6-21(19,20)7-11)10-1-3-12(4-2-10)17-9-14-8-15-17/h1-4,8-9,11H,5-7H2,(H,16,18)/t11-/m0/s1. The molecule has 1 amide bonds. The van der Waals surface area contributed by atoms with Gasteiger partial charge in [0.25, 0.3) is 5.91 Å². The zero-order valence-corrected chi connectivity index (χ0v) is 12.0.